The van der Waals surface area contributed by atoms with Crippen LogP contribution in [0, 0.1) is 12.8 Å². The molecule has 1 saturated heterocycles. The van der Waals surface area contributed by atoms with Crippen LogP contribution in [-0.4, -0.2) is 24.0 Å². The molecule has 0 aliphatic carbocycles. The van der Waals surface area contributed by atoms with Gasteiger partial charge in [0.1, 0.15) is 12.4 Å². The van der Waals surface area contributed by atoms with E-state index in [1.165, 1.54) is 18.5 Å². The van der Waals surface area contributed by atoms with Gasteiger partial charge in [-0.15, -0.1) is 11.3 Å². The second-order valence-electron chi connectivity index (χ2n) is 7.84. The molecule has 0 atom stereocenters. The van der Waals surface area contributed by atoms with Crippen LogP contribution < -0.4 is 15.0 Å². The zero-order valence-corrected chi connectivity index (χ0v) is 18.2. The standard InChI is InChI=1S/C24H27N3O2S/c1-17-10-12-27(13-11-17)22-8-6-20(7-9-22)26-24(28)19-4-3-5-23(14-19)29-15-21-16-30-18(2)25-21/h3-9,14,16-17H,10-13,15H2,1-2H3,(H,26,28). The predicted octanol–water partition coefficient (Wildman–Crippen LogP) is 5.52. The average molecular weight is 422 g/mol. The van der Waals surface area contributed by atoms with Gasteiger partial charge in [0, 0.05) is 35.4 Å². The highest BCUT2D eigenvalue weighted by molar-refractivity contribution is 7.09. The van der Waals surface area contributed by atoms with Crippen LogP contribution >= 0.6 is 11.3 Å². The quantitative estimate of drug-likeness (QED) is 0.569. The van der Waals surface area contributed by atoms with Crippen LogP contribution in [0.15, 0.2) is 53.9 Å². The van der Waals surface area contributed by atoms with E-state index in [0.29, 0.717) is 17.9 Å². The Kier molecular flexibility index (Phi) is 6.33. The Hall–Kier alpha value is -2.86. The molecule has 2 heterocycles. The SMILES string of the molecule is Cc1nc(COc2cccc(C(=O)Nc3ccc(N4CCC(C)CC4)cc3)c2)cs1. The van der Waals surface area contributed by atoms with Crippen molar-refractivity contribution in [3.63, 3.8) is 0 Å². The normalized spacial score (nSPS) is 14.5. The molecule has 0 bridgehead atoms. The van der Waals surface area contributed by atoms with Gasteiger partial charge in [-0.25, -0.2) is 4.98 Å². The molecule has 1 fully saturated rings. The molecule has 1 amide bonds. The summed E-state index contributed by atoms with van der Waals surface area (Å²) in [5.41, 5.74) is 3.47. The largest absolute Gasteiger partial charge is 0.487 e. The summed E-state index contributed by atoms with van der Waals surface area (Å²) in [6, 6.07) is 15.3. The molecule has 1 aliphatic heterocycles. The van der Waals surface area contributed by atoms with Gasteiger partial charge in [-0.2, -0.15) is 0 Å². The molecule has 4 rings (SSSR count). The summed E-state index contributed by atoms with van der Waals surface area (Å²) in [5, 5.41) is 5.98. The van der Waals surface area contributed by atoms with Gasteiger partial charge in [-0.1, -0.05) is 13.0 Å². The number of nitrogens with zero attached hydrogens (tertiary/aromatic N) is 2. The first-order valence-electron chi connectivity index (χ1n) is 10.4. The Morgan fingerprint density at radius 3 is 2.67 bits per heavy atom. The first-order chi connectivity index (χ1) is 14.6. The molecule has 1 N–H and O–H groups in total. The van der Waals surface area contributed by atoms with Gasteiger partial charge in [0.05, 0.1) is 10.7 Å². The Bertz CT molecular complexity index is 992. The summed E-state index contributed by atoms with van der Waals surface area (Å²) in [4.78, 5) is 19.5. The average Bonchev–Trinajstić information content (AvgIpc) is 3.19. The molecule has 0 unspecified atom stereocenters. The molecule has 6 heteroatoms. The molecule has 0 spiro atoms. The monoisotopic (exact) mass is 421 g/mol. The number of carbonyl (C=O) groups excluding carboxylic acids is 1. The van der Waals surface area contributed by atoms with Crippen LogP contribution in [0.2, 0.25) is 0 Å². The topological polar surface area (TPSA) is 54.5 Å². The van der Waals surface area contributed by atoms with E-state index in [9.17, 15) is 4.79 Å². The lowest BCUT2D eigenvalue weighted by atomic mass is 9.99. The highest BCUT2D eigenvalue weighted by Gasteiger charge is 2.16. The summed E-state index contributed by atoms with van der Waals surface area (Å²) in [6.07, 6.45) is 2.47. The van der Waals surface area contributed by atoms with Gasteiger partial charge in [0.2, 0.25) is 0 Å². The lowest BCUT2D eigenvalue weighted by Gasteiger charge is -2.32. The second-order valence-corrected chi connectivity index (χ2v) is 8.91. The molecular weight excluding hydrogens is 394 g/mol. The Morgan fingerprint density at radius 1 is 1.20 bits per heavy atom. The number of hydrogen-bond donors (Lipinski definition) is 1. The van der Waals surface area contributed by atoms with Crippen molar-refractivity contribution in [3.8, 4) is 5.75 Å². The van der Waals surface area contributed by atoms with E-state index >= 15 is 0 Å². The number of thiazole rings is 1. The highest BCUT2D eigenvalue weighted by Crippen LogP contribution is 2.24. The van der Waals surface area contributed by atoms with Crippen molar-refractivity contribution in [3.05, 3.63) is 70.2 Å². The number of rotatable bonds is 6. The van der Waals surface area contributed by atoms with Gasteiger partial charge in [-0.05, 0) is 68.1 Å². The van der Waals surface area contributed by atoms with Crippen LogP contribution in [0.25, 0.3) is 0 Å². The molecule has 156 valence electrons. The molecule has 1 aromatic heterocycles. The molecule has 3 aromatic rings. The van der Waals surface area contributed by atoms with Gasteiger partial charge in [-0.3, -0.25) is 4.79 Å². The molecular formula is C24H27N3O2S. The van der Waals surface area contributed by atoms with Crippen molar-refractivity contribution in [2.24, 2.45) is 5.92 Å². The minimum Gasteiger partial charge on any atom is -0.487 e. The molecule has 1 aliphatic rings. The number of anilines is 2. The van der Waals surface area contributed by atoms with Gasteiger partial charge in [0.25, 0.3) is 5.91 Å². The third-order valence-corrected chi connectivity index (χ3v) is 6.25. The van der Waals surface area contributed by atoms with Crippen molar-refractivity contribution in [2.75, 3.05) is 23.3 Å². The molecule has 30 heavy (non-hydrogen) atoms. The van der Waals surface area contributed by atoms with Crippen LogP contribution in [0.1, 0.15) is 40.8 Å². The Labute approximate surface area is 181 Å². The van der Waals surface area contributed by atoms with Crippen LogP contribution in [-0.2, 0) is 6.61 Å². The van der Waals surface area contributed by atoms with E-state index < -0.39 is 0 Å². The first kappa shape index (κ1) is 20.4. The number of amides is 1. The van der Waals surface area contributed by atoms with Crippen molar-refractivity contribution in [1.82, 2.24) is 4.98 Å². The summed E-state index contributed by atoms with van der Waals surface area (Å²) < 4.78 is 5.80. The summed E-state index contributed by atoms with van der Waals surface area (Å²) in [7, 11) is 0. The Morgan fingerprint density at radius 2 is 1.97 bits per heavy atom. The van der Waals surface area contributed by atoms with E-state index in [-0.39, 0.29) is 5.91 Å². The highest BCUT2D eigenvalue weighted by atomic mass is 32.1. The van der Waals surface area contributed by atoms with Gasteiger partial charge < -0.3 is 15.0 Å². The number of carbonyl (C=O) groups is 1. The van der Waals surface area contributed by atoms with Crippen molar-refractivity contribution >= 4 is 28.6 Å². The molecule has 0 saturated carbocycles. The number of benzene rings is 2. The zero-order chi connectivity index (χ0) is 20.9. The molecule has 0 radical (unpaired) electrons. The summed E-state index contributed by atoms with van der Waals surface area (Å²) in [6.45, 7) is 6.88. The minimum absolute atomic E-state index is 0.149. The van der Waals surface area contributed by atoms with Crippen molar-refractivity contribution in [1.29, 1.82) is 0 Å². The third kappa shape index (κ3) is 5.19. The Balaban J connectivity index is 1.35. The number of aromatic nitrogens is 1. The molecule has 5 nitrogen and oxygen atoms in total. The first-order valence-corrected chi connectivity index (χ1v) is 11.2. The van der Waals surface area contributed by atoms with E-state index in [4.69, 9.17) is 4.74 Å². The van der Waals surface area contributed by atoms with Gasteiger partial charge in [0.15, 0.2) is 0 Å². The lowest BCUT2D eigenvalue weighted by Crippen LogP contribution is -2.32. The van der Waals surface area contributed by atoms with E-state index in [1.807, 2.05) is 36.6 Å². The summed E-state index contributed by atoms with van der Waals surface area (Å²) >= 11 is 1.60. The van der Waals surface area contributed by atoms with Crippen LogP contribution in [0.4, 0.5) is 11.4 Å². The maximum atomic E-state index is 12.7. The fourth-order valence-corrected chi connectivity index (χ4v) is 4.18. The van der Waals surface area contributed by atoms with Crippen LogP contribution in [0.3, 0.4) is 0 Å². The minimum atomic E-state index is -0.149. The zero-order valence-electron chi connectivity index (χ0n) is 17.4. The fraction of sp³-hybridized carbons (Fsp3) is 0.333. The van der Waals surface area contributed by atoms with Gasteiger partial charge >= 0.3 is 0 Å². The van der Waals surface area contributed by atoms with E-state index in [2.05, 4.69) is 34.3 Å². The number of ether oxygens (including phenoxy) is 1. The van der Waals surface area contributed by atoms with Crippen LogP contribution in [0.5, 0.6) is 5.75 Å². The number of piperidine rings is 1. The fourth-order valence-electron chi connectivity index (χ4n) is 3.58. The van der Waals surface area contributed by atoms with E-state index in [0.717, 1.165) is 35.4 Å². The predicted molar refractivity (Wildman–Crippen MR) is 123 cm³/mol. The maximum absolute atomic E-state index is 12.7. The lowest BCUT2D eigenvalue weighted by molar-refractivity contribution is 0.102. The maximum Gasteiger partial charge on any atom is 0.255 e. The van der Waals surface area contributed by atoms with Crippen molar-refractivity contribution in [2.45, 2.75) is 33.3 Å². The number of nitrogens with one attached hydrogen (secondary N) is 1. The van der Waals surface area contributed by atoms with Crippen molar-refractivity contribution < 1.29 is 9.53 Å². The molecule has 2 aromatic carbocycles. The van der Waals surface area contributed by atoms with E-state index in [1.54, 1.807) is 23.5 Å². The smallest absolute Gasteiger partial charge is 0.255 e. The summed E-state index contributed by atoms with van der Waals surface area (Å²) in [5.74, 6) is 1.32. The number of hydrogen-bond acceptors (Lipinski definition) is 5. The number of aryl methyl sites for hydroxylation is 1. The third-order valence-electron chi connectivity index (χ3n) is 5.42. The second kappa shape index (κ2) is 9.30.